The fourth-order valence-electron chi connectivity index (χ4n) is 4.52. The number of aliphatic hydroxyl groups is 1. The molecule has 1 fully saturated rings. The Morgan fingerprint density at radius 2 is 1.79 bits per heavy atom. The van der Waals surface area contributed by atoms with Crippen molar-refractivity contribution < 1.29 is 24.2 Å². The van der Waals surface area contributed by atoms with Crippen LogP contribution >= 0.6 is 11.8 Å². The monoisotopic (exact) mass is 475 g/mol. The van der Waals surface area contributed by atoms with E-state index in [1.807, 2.05) is 12.1 Å². The molecule has 0 aliphatic carbocycles. The summed E-state index contributed by atoms with van der Waals surface area (Å²) < 4.78 is 10.9. The number of rotatable bonds is 13. The number of carbonyl (C=O) groups excluding carboxylic acids is 2. The van der Waals surface area contributed by atoms with Gasteiger partial charge in [0.15, 0.2) is 5.76 Å². The number of amides is 1. The fraction of sp³-hybridized carbons (Fsp3) is 0.615. The van der Waals surface area contributed by atoms with E-state index in [-0.39, 0.29) is 34.9 Å². The molecule has 1 aromatic carbocycles. The van der Waals surface area contributed by atoms with Crippen molar-refractivity contribution in [3.05, 3.63) is 46.9 Å². The third-order valence-corrected chi connectivity index (χ3v) is 7.69. The van der Waals surface area contributed by atoms with Crippen LogP contribution in [-0.4, -0.2) is 46.9 Å². The van der Waals surface area contributed by atoms with Crippen molar-refractivity contribution in [1.29, 1.82) is 0 Å². The number of thioether (sulfide) groups is 1. The molecule has 0 saturated carbocycles. The van der Waals surface area contributed by atoms with Gasteiger partial charge in [-0.05, 0) is 37.0 Å². The molecule has 3 unspecified atom stereocenters. The minimum Gasteiger partial charge on any atom is -0.506 e. The van der Waals surface area contributed by atoms with E-state index in [1.165, 1.54) is 39.2 Å². The third kappa shape index (κ3) is 6.05. The number of benzene rings is 1. The maximum atomic E-state index is 13.3. The van der Waals surface area contributed by atoms with E-state index in [1.54, 1.807) is 28.8 Å². The van der Waals surface area contributed by atoms with Gasteiger partial charge >= 0.3 is 5.97 Å². The number of aliphatic hydroxyl groups excluding tert-OH is 1. The van der Waals surface area contributed by atoms with Crippen LogP contribution in [0.15, 0.2) is 35.8 Å². The largest absolute Gasteiger partial charge is 0.506 e. The summed E-state index contributed by atoms with van der Waals surface area (Å²) in [5, 5.41) is 10.6. The Balaban J connectivity index is 1.63. The number of carbonyl (C=O) groups is 2. The molecule has 3 atom stereocenters. The highest BCUT2D eigenvalue weighted by Gasteiger charge is 2.49. The quantitative estimate of drug-likeness (QED) is 0.273. The lowest BCUT2D eigenvalue weighted by atomic mass is 10.0. The lowest BCUT2D eigenvalue weighted by molar-refractivity contribution is -0.131. The van der Waals surface area contributed by atoms with Crippen LogP contribution in [-0.2, 0) is 14.3 Å². The van der Waals surface area contributed by atoms with Gasteiger partial charge in [-0.25, -0.2) is 4.79 Å². The van der Waals surface area contributed by atoms with Gasteiger partial charge in [0.25, 0.3) is 5.91 Å². The molecule has 7 heteroatoms. The average Bonchev–Trinajstić information content (AvgIpc) is 3.37. The molecule has 1 aromatic rings. The standard InChI is InChI=1S/C26H37NO5S/c1-4-6-7-8-9-10-12-20(11-5-2)32-23-22(28)21-17-33-25(27(21)24(23)29)18-13-15-19(16-14-18)26(30)31-3/h13-16,20-21,25,28H,4-12,17H2,1-3H3. The molecule has 0 aromatic heterocycles. The zero-order valence-corrected chi connectivity index (χ0v) is 20.9. The molecule has 1 saturated heterocycles. The van der Waals surface area contributed by atoms with E-state index in [0.717, 1.165) is 31.2 Å². The van der Waals surface area contributed by atoms with Crippen LogP contribution in [0.2, 0.25) is 0 Å². The minimum absolute atomic E-state index is 0.0484. The SMILES string of the molecule is CCCCCCCCC(CCC)OC1=C(O)C2CSC(c3ccc(C(=O)OC)cc3)N2C1=O. The van der Waals surface area contributed by atoms with E-state index >= 15 is 0 Å². The van der Waals surface area contributed by atoms with E-state index in [2.05, 4.69) is 13.8 Å². The summed E-state index contributed by atoms with van der Waals surface area (Å²) in [6.07, 6.45) is 9.99. The van der Waals surface area contributed by atoms with E-state index < -0.39 is 5.97 Å². The van der Waals surface area contributed by atoms with Crippen LogP contribution in [0.4, 0.5) is 0 Å². The van der Waals surface area contributed by atoms with Crippen molar-refractivity contribution in [2.24, 2.45) is 0 Å². The second kappa shape index (κ2) is 12.4. The zero-order valence-electron chi connectivity index (χ0n) is 20.0. The first-order valence-electron chi connectivity index (χ1n) is 12.2. The predicted molar refractivity (Wildman–Crippen MR) is 131 cm³/mol. The maximum absolute atomic E-state index is 13.3. The molecular weight excluding hydrogens is 438 g/mol. The second-order valence-corrected chi connectivity index (χ2v) is 9.94. The van der Waals surface area contributed by atoms with Gasteiger partial charge in [0, 0.05) is 5.75 Å². The molecule has 0 bridgehead atoms. The Kier molecular flexibility index (Phi) is 9.53. The number of unbranched alkanes of at least 4 members (excludes halogenated alkanes) is 5. The Morgan fingerprint density at radius 3 is 2.45 bits per heavy atom. The van der Waals surface area contributed by atoms with Crippen molar-refractivity contribution in [3.8, 4) is 0 Å². The first-order chi connectivity index (χ1) is 16.0. The second-order valence-electron chi connectivity index (χ2n) is 8.83. The summed E-state index contributed by atoms with van der Waals surface area (Å²) in [6, 6.07) is 6.73. The summed E-state index contributed by atoms with van der Waals surface area (Å²) >= 11 is 1.61. The molecule has 1 amide bonds. The third-order valence-electron chi connectivity index (χ3n) is 6.37. The van der Waals surface area contributed by atoms with Crippen molar-refractivity contribution >= 4 is 23.6 Å². The summed E-state index contributed by atoms with van der Waals surface area (Å²) in [5.41, 5.74) is 1.38. The van der Waals surface area contributed by atoms with Crippen molar-refractivity contribution in [2.45, 2.75) is 89.2 Å². The number of ether oxygens (including phenoxy) is 2. The van der Waals surface area contributed by atoms with Gasteiger partial charge in [0.05, 0.1) is 18.8 Å². The highest BCUT2D eigenvalue weighted by Crippen LogP contribution is 2.47. The fourth-order valence-corrected chi connectivity index (χ4v) is 5.95. The van der Waals surface area contributed by atoms with E-state index in [9.17, 15) is 14.7 Å². The molecule has 0 spiro atoms. The van der Waals surface area contributed by atoms with Crippen molar-refractivity contribution in [2.75, 3.05) is 12.9 Å². The van der Waals surface area contributed by atoms with Crippen LogP contribution in [0.3, 0.4) is 0 Å². The number of hydrogen-bond acceptors (Lipinski definition) is 6. The van der Waals surface area contributed by atoms with Gasteiger partial charge in [-0.15, -0.1) is 11.8 Å². The van der Waals surface area contributed by atoms with Gasteiger partial charge < -0.3 is 19.5 Å². The molecule has 2 heterocycles. The van der Waals surface area contributed by atoms with Gasteiger partial charge in [-0.2, -0.15) is 0 Å². The number of hydrogen-bond donors (Lipinski definition) is 1. The zero-order chi connectivity index (χ0) is 23.8. The highest BCUT2D eigenvalue weighted by atomic mass is 32.2. The summed E-state index contributed by atoms with van der Waals surface area (Å²) in [4.78, 5) is 26.7. The maximum Gasteiger partial charge on any atom is 0.337 e. The molecule has 6 nitrogen and oxygen atoms in total. The molecule has 182 valence electrons. The lowest BCUT2D eigenvalue weighted by Crippen LogP contribution is -2.33. The Morgan fingerprint density at radius 1 is 1.09 bits per heavy atom. The molecule has 0 radical (unpaired) electrons. The van der Waals surface area contributed by atoms with Crippen LogP contribution in [0.5, 0.6) is 0 Å². The lowest BCUT2D eigenvalue weighted by Gasteiger charge is -2.24. The summed E-state index contributed by atoms with van der Waals surface area (Å²) in [6.45, 7) is 4.33. The Bertz CT molecular complexity index is 838. The highest BCUT2D eigenvalue weighted by molar-refractivity contribution is 7.99. The van der Waals surface area contributed by atoms with Gasteiger partial charge in [-0.1, -0.05) is 64.5 Å². The van der Waals surface area contributed by atoms with Gasteiger partial charge in [-0.3, -0.25) is 4.79 Å². The summed E-state index contributed by atoms with van der Waals surface area (Å²) in [5.74, 6) is 0.168. The molecule has 33 heavy (non-hydrogen) atoms. The molecule has 3 rings (SSSR count). The van der Waals surface area contributed by atoms with Crippen molar-refractivity contribution in [3.63, 3.8) is 0 Å². The minimum atomic E-state index is -0.391. The number of nitrogens with zero attached hydrogens (tertiary/aromatic N) is 1. The first-order valence-corrected chi connectivity index (χ1v) is 13.3. The first kappa shape index (κ1) is 25.5. The van der Waals surface area contributed by atoms with Crippen LogP contribution < -0.4 is 0 Å². The van der Waals surface area contributed by atoms with Gasteiger partial charge in [0.2, 0.25) is 5.76 Å². The molecule has 2 aliphatic heterocycles. The smallest absolute Gasteiger partial charge is 0.337 e. The molecule has 2 aliphatic rings. The van der Waals surface area contributed by atoms with Crippen LogP contribution in [0.1, 0.15) is 92.9 Å². The molecular formula is C26H37NO5S. The van der Waals surface area contributed by atoms with Crippen molar-refractivity contribution in [1.82, 2.24) is 4.90 Å². The van der Waals surface area contributed by atoms with E-state index in [0.29, 0.717) is 11.3 Å². The Hall–Kier alpha value is -2.15. The van der Waals surface area contributed by atoms with Gasteiger partial charge in [0.1, 0.15) is 11.4 Å². The number of esters is 1. The average molecular weight is 476 g/mol. The topological polar surface area (TPSA) is 76.1 Å². The number of fused-ring (bicyclic) bond motifs is 1. The summed E-state index contributed by atoms with van der Waals surface area (Å²) in [7, 11) is 1.35. The van der Waals surface area contributed by atoms with E-state index in [4.69, 9.17) is 9.47 Å². The molecule has 1 N–H and O–H groups in total. The number of methoxy groups -OCH3 is 1. The Labute approximate surface area is 201 Å². The van der Waals surface area contributed by atoms with Crippen LogP contribution in [0, 0.1) is 0 Å². The predicted octanol–water partition coefficient (Wildman–Crippen LogP) is 6.13. The normalized spacial score (nSPS) is 20.8. The van der Waals surface area contributed by atoms with Crippen LogP contribution in [0.25, 0.3) is 0 Å².